The SMILES string of the molecule is CC(C)c1cc(Br)ccc1Oc1ccccc1[C@H](C)N. The molecule has 0 unspecified atom stereocenters. The fourth-order valence-corrected chi connectivity index (χ4v) is 2.51. The summed E-state index contributed by atoms with van der Waals surface area (Å²) in [5.74, 6) is 2.10. The van der Waals surface area contributed by atoms with Crippen LogP contribution in [0.25, 0.3) is 0 Å². The standard InChI is InChI=1S/C17H20BrNO/c1-11(2)15-10-13(18)8-9-17(15)20-16-7-5-4-6-14(16)12(3)19/h4-12H,19H2,1-3H3/t12-/m0/s1. The molecule has 2 N–H and O–H groups in total. The molecule has 0 saturated heterocycles. The molecule has 2 rings (SSSR count). The molecule has 0 heterocycles. The van der Waals surface area contributed by atoms with E-state index in [-0.39, 0.29) is 6.04 Å². The minimum atomic E-state index is -0.0517. The van der Waals surface area contributed by atoms with E-state index in [2.05, 4.69) is 35.8 Å². The summed E-state index contributed by atoms with van der Waals surface area (Å²) in [5.41, 5.74) is 8.20. The molecule has 0 aromatic heterocycles. The second kappa shape index (κ2) is 6.42. The minimum absolute atomic E-state index is 0.0517. The molecule has 0 radical (unpaired) electrons. The quantitative estimate of drug-likeness (QED) is 0.814. The van der Waals surface area contributed by atoms with E-state index in [9.17, 15) is 0 Å². The van der Waals surface area contributed by atoms with Gasteiger partial charge in [-0.3, -0.25) is 0 Å². The van der Waals surface area contributed by atoms with Gasteiger partial charge in [-0.15, -0.1) is 0 Å². The third-order valence-corrected chi connectivity index (χ3v) is 3.72. The van der Waals surface area contributed by atoms with Crippen LogP contribution >= 0.6 is 15.9 Å². The molecule has 2 aromatic carbocycles. The van der Waals surface area contributed by atoms with Gasteiger partial charge in [0.15, 0.2) is 0 Å². The highest BCUT2D eigenvalue weighted by Crippen LogP contribution is 2.35. The van der Waals surface area contributed by atoms with Crippen molar-refractivity contribution in [2.45, 2.75) is 32.7 Å². The second-order valence-electron chi connectivity index (χ2n) is 5.27. The third-order valence-electron chi connectivity index (χ3n) is 3.22. The van der Waals surface area contributed by atoms with Crippen molar-refractivity contribution in [3.63, 3.8) is 0 Å². The van der Waals surface area contributed by atoms with Gasteiger partial charge in [-0.25, -0.2) is 0 Å². The van der Waals surface area contributed by atoms with Gasteiger partial charge in [-0.1, -0.05) is 48.0 Å². The van der Waals surface area contributed by atoms with Gasteiger partial charge >= 0.3 is 0 Å². The van der Waals surface area contributed by atoms with Crippen LogP contribution in [0.15, 0.2) is 46.9 Å². The predicted molar refractivity (Wildman–Crippen MR) is 87.3 cm³/mol. The average molecular weight is 334 g/mol. The van der Waals surface area contributed by atoms with Crippen LogP contribution in [0, 0.1) is 0 Å². The van der Waals surface area contributed by atoms with Gasteiger partial charge in [0.25, 0.3) is 0 Å². The summed E-state index contributed by atoms with van der Waals surface area (Å²) < 4.78 is 7.18. The van der Waals surface area contributed by atoms with Crippen molar-refractivity contribution in [2.24, 2.45) is 5.73 Å². The van der Waals surface area contributed by atoms with Gasteiger partial charge in [0.1, 0.15) is 11.5 Å². The molecule has 2 nitrogen and oxygen atoms in total. The van der Waals surface area contributed by atoms with E-state index >= 15 is 0 Å². The summed E-state index contributed by atoms with van der Waals surface area (Å²) in [6.07, 6.45) is 0. The topological polar surface area (TPSA) is 35.2 Å². The number of benzene rings is 2. The van der Waals surface area contributed by atoms with E-state index < -0.39 is 0 Å². The molecule has 0 fully saturated rings. The van der Waals surface area contributed by atoms with Crippen LogP contribution in [-0.4, -0.2) is 0 Å². The molecular weight excluding hydrogens is 314 g/mol. The highest BCUT2D eigenvalue weighted by molar-refractivity contribution is 9.10. The van der Waals surface area contributed by atoms with Gasteiger partial charge < -0.3 is 10.5 Å². The first-order valence-electron chi connectivity index (χ1n) is 6.81. The molecule has 20 heavy (non-hydrogen) atoms. The van der Waals surface area contributed by atoms with Crippen molar-refractivity contribution in [1.29, 1.82) is 0 Å². The fraction of sp³-hybridized carbons (Fsp3) is 0.294. The molecule has 0 bridgehead atoms. The van der Waals surface area contributed by atoms with Crippen molar-refractivity contribution in [1.82, 2.24) is 0 Å². The lowest BCUT2D eigenvalue weighted by molar-refractivity contribution is 0.463. The highest BCUT2D eigenvalue weighted by atomic mass is 79.9. The van der Waals surface area contributed by atoms with Crippen LogP contribution in [0.4, 0.5) is 0 Å². The van der Waals surface area contributed by atoms with E-state index in [4.69, 9.17) is 10.5 Å². The van der Waals surface area contributed by atoms with E-state index in [0.29, 0.717) is 5.92 Å². The molecule has 106 valence electrons. The van der Waals surface area contributed by atoms with Crippen molar-refractivity contribution in [3.05, 3.63) is 58.1 Å². The fourth-order valence-electron chi connectivity index (χ4n) is 2.13. The van der Waals surface area contributed by atoms with Crippen molar-refractivity contribution in [3.8, 4) is 11.5 Å². The van der Waals surface area contributed by atoms with E-state index in [1.165, 1.54) is 5.56 Å². The van der Waals surface area contributed by atoms with Gasteiger partial charge in [0.05, 0.1) is 0 Å². The van der Waals surface area contributed by atoms with Gasteiger partial charge in [0.2, 0.25) is 0 Å². The van der Waals surface area contributed by atoms with Crippen LogP contribution in [0.3, 0.4) is 0 Å². The number of para-hydroxylation sites is 1. The first kappa shape index (κ1) is 15.1. The molecule has 1 atom stereocenters. The van der Waals surface area contributed by atoms with Gasteiger partial charge in [0, 0.05) is 16.1 Å². The summed E-state index contributed by atoms with van der Waals surface area (Å²) >= 11 is 3.51. The van der Waals surface area contributed by atoms with E-state index in [1.807, 2.05) is 43.3 Å². The lowest BCUT2D eigenvalue weighted by Crippen LogP contribution is -2.06. The van der Waals surface area contributed by atoms with Gasteiger partial charge in [-0.05, 0) is 42.7 Å². The molecule has 0 saturated carbocycles. The molecule has 0 aliphatic heterocycles. The monoisotopic (exact) mass is 333 g/mol. The zero-order chi connectivity index (χ0) is 14.7. The number of ether oxygens (including phenoxy) is 1. The second-order valence-corrected chi connectivity index (χ2v) is 6.18. The zero-order valence-electron chi connectivity index (χ0n) is 12.1. The molecule has 0 amide bonds. The maximum absolute atomic E-state index is 6.12. The Morgan fingerprint density at radius 1 is 0.950 bits per heavy atom. The van der Waals surface area contributed by atoms with Crippen LogP contribution in [0.2, 0.25) is 0 Å². The summed E-state index contributed by atoms with van der Waals surface area (Å²) in [4.78, 5) is 0. The lowest BCUT2D eigenvalue weighted by Gasteiger charge is -2.17. The molecule has 3 heteroatoms. The Morgan fingerprint density at radius 2 is 1.60 bits per heavy atom. The van der Waals surface area contributed by atoms with E-state index in [0.717, 1.165) is 21.5 Å². The van der Waals surface area contributed by atoms with Crippen molar-refractivity contribution in [2.75, 3.05) is 0 Å². The average Bonchev–Trinajstić information content (AvgIpc) is 2.41. The third kappa shape index (κ3) is 3.41. The molecular formula is C17H20BrNO. The number of nitrogens with two attached hydrogens (primary N) is 1. The predicted octanol–water partition coefficient (Wildman–Crippen LogP) is 5.38. The van der Waals surface area contributed by atoms with E-state index in [1.54, 1.807) is 0 Å². The summed E-state index contributed by atoms with van der Waals surface area (Å²) in [6, 6.07) is 14.0. The lowest BCUT2D eigenvalue weighted by atomic mass is 10.0. The molecule has 2 aromatic rings. The smallest absolute Gasteiger partial charge is 0.132 e. The number of rotatable bonds is 4. The molecule has 0 aliphatic carbocycles. The normalized spacial score (nSPS) is 12.5. The first-order valence-corrected chi connectivity index (χ1v) is 7.60. The van der Waals surface area contributed by atoms with Crippen molar-refractivity contribution < 1.29 is 4.74 Å². The zero-order valence-corrected chi connectivity index (χ0v) is 13.6. The maximum Gasteiger partial charge on any atom is 0.132 e. The Bertz CT molecular complexity index is 593. The van der Waals surface area contributed by atoms with Crippen LogP contribution in [0.1, 0.15) is 43.9 Å². The summed E-state index contributed by atoms with van der Waals surface area (Å²) in [6.45, 7) is 6.28. The Morgan fingerprint density at radius 3 is 2.25 bits per heavy atom. The number of halogens is 1. The number of hydrogen-bond acceptors (Lipinski definition) is 2. The van der Waals surface area contributed by atoms with Crippen LogP contribution < -0.4 is 10.5 Å². The summed E-state index contributed by atoms with van der Waals surface area (Å²) in [5, 5.41) is 0. The van der Waals surface area contributed by atoms with Crippen LogP contribution in [0.5, 0.6) is 11.5 Å². The molecule has 0 aliphatic rings. The minimum Gasteiger partial charge on any atom is -0.457 e. The Hall–Kier alpha value is -1.32. The van der Waals surface area contributed by atoms with Crippen LogP contribution in [-0.2, 0) is 0 Å². The van der Waals surface area contributed by atoms with Gasteiger partial charge in [-0.2, -0.15) is 0 Å². The van der Waals surface area contributed by atoms with Crippen molar-refractivity contribution >= 4 is 15.9 Å². The Balaban J connectivity index is 2.40. The largest absolute Gasteiger partial charge is 0.457 e. The highest BCUT2D eigenvalue weighted by Gasteiger charge is 2.13. The summed E-state index contributed by atoms with van der Waals surface area (Å²) in [7, 11) is 0. The first-order chi connectivity index (χ1) is 9.49. The molecule has 0 spiro atoms. The Kier molecular flexibility index (Phi) is 4.84. The number of hydrogen-bond donors (Lipinski definition) is 1. The maximum atomic E-state index is 6.12. The Labute approximate surface area is 129 Å².